The molecule has 1 aromatic heterocycles. The second-order valence-electron chi connectivity index (χ2n) is 4.82. The molecular formula is C13H14ClF2N3O2S. The summed E-state index contributed by atoms with van der Waals surface area (Å²) in [5.41, 5.74) is 0.317. The number of aryl methyl sites for hydroxylation is 1. The molecule has 22 heavy (non-hydrogen) atoms. The summed E-state index contributed by atoms with van der Waals surface area (Å²) < 4.78 is 53.7. The molecule has 1 aromatic carbocycles. The SMILES string of the molecule is CC(c1ccc(F)c(F)c1)N(C)S(=O)(=O)c1ncn(C)c1Cl. The van der Waals surface area contributed by atoms with E-state index >= 15 is 0 Å². The van der Waals surface area contributed by atoms with Gasteiger partial charge in [0.2, 0.25) is 5.03 Å². The quantitative estimate of drug-likeness (QED) is 0.852. The van der Waals surface area contributed by atoms with Crippen molar-refractivity contribution in [3.8, 4) is 0 Å². The molecule has 0 aliphatic rings. The fourth-order valence-corrected chi connectivity index (χ4v) is 3.63. The van der Waals surface area contributed by atoms with Crippen LogP contribution in [-0.4, -0.2) is 29.3 Å². The maximum absolute atomic E-state index is 13.3. The molecule has 0 aliphatic heterocycles. The van der Waals surface area contributed by atoms with Crippen LogP contribution in [0.25, 0.3) is 0 Å². The number of sulfonamides is 1. The highest BCUT2D eigenvalue weighted by Crippen LogP contribution is 2.29. The van der Waals surface area contributed by atoms with Crippen LogP contribution in [0.5, 0.6) is 0 Å². The van der Waals surface area contributed by atoms with Gasteiger partial charge in [-0.05, 0) is 24.6 Å². The van der Waals surface area contributed by atoms with Gasteiger partial charge in [0, 0.05) is 20.1 Å². The first kappa shape index (κ1) is 16.9. The van der Waals surface area contributed by atoms with E-state index in [1.807, 2.05) is 0 Å². The van der Waals surface area contributed by atoms with Gasteiger partial charge in [-0.1, -0.05) is 17.7 Å². The van der Waals surface area contributed by atoms with Gasteiger partial charge in [0.25, 0.3) is 10.0 Å². The Kier molecular flexibility index (Phi) is 4.55. The van der Waals surface area contributed by atoms with Crippen molar-refractivity contribution in [1.29, 1.82) is 0 Å². The van der Waals surface area contributed by atoms with Crippen LogP contribution in [0.2, 0.25) is 5.15 Å². The second kappa shape index (κ2) is 5.94. The van der Waals surface area contributed by atoms with Gasteiger partial charge >= 0.3 is 0 Å². The van der Waals surface area contributed by atoms with Crippen molar-refractivity contribution in [2.45, 2.75) is 18.0 Å². The van der Waals surface area contributed by atoms with Crippen molar-refractivity contribution < 1.29 is 17.2 Å². The van der Waals surface area contributed by atoms with Crippen molar-refractivity contribution in [1.82, 2.24) is 13.9 Å². The first-order valence-electron chi connectivity index (χ1n) is 6.26. The number of hydrogen-bond donors (Lipinski definition) is 0. The second-order valence-corrected chi connectivity index (χ2v) is 7.09. The molecule has 0 radical (unpaired) electrons. The van der Waals surface area contributed by atoms with E-state index < -0.39 is 27.7 Å². The lowest BCUT2D eigenvalue weighted by Gasteiger charge is -2.24. The minimum atomic E-state index is -3.97. The van der Waals surface area contributed by atoms with Gasteiger partial charge in [0.15, 0.2) is 11.6 Å². The van der Waals surface area contributed by atoms with Gasteiger partial charge in [-0.25, -0.2) is 22.2 Å². The zero-order chi connectivity index (χ0) is 16.7. The average molecular weight is 350 g/mol. The van der Waals surface area contributed by atoms with Crippen LogP contribution in [0, 0.1) is 11.6 Å². The largest absolute Gasteiger partial charge is 0.324 e. The zero-order valence-electron chi connectivity index (χ0n) is 12.1. The third kappa shape index (κ3) is 2.86. The molecule has 120 valence electrons. The molecule has 5 nitrogen and oxygen atoms in total. The summed E-state index contributed by atoms with van der Waals surface area (Å²) in [4.78, 5) is 3.78. The predicted molar refractivity (Wildman–Crippen MR) is 77.9 cm³/mol. The van der Waals surface area contributed by atoms with E-state index in [1.54, 1.807) is 14.0 Å². The Balaban J connectivity index is 2.39. The van der Waals surface area contributed by atoms with Crippen LogP contribution in [0.15, 0.2) is 29.6 Å². The molecule has 1 unspecified atom stereocenters. The molecule has 1 atom stereocenters. The Morgan fingerprint density at radius 3 is 2.45 bits per heavy atom. The lowest BCUT2D eigenvalue weighted by atomic mass is 10.1. The summed E-state index contributed by atoms with van der Waals surface area (Å²) in [5.74, 6) is -2.03. The van der Waals surface area contributed by atoms with Crippen molar-refractivity contribution in [3.05, 3.63) is 46.9 Å². The molecule has 0 saturated heterocycles. The summed E-state index contributed by atoms with van der Waals surface area (Å²) in [7, 11) is -1.08. The van der Waals surface area contributed by atoms with Crippen LogP contribution in [0.4, 0.5) is 8.78 Å². The number of nitrogens with zero attached hydrogens (tertiary/aromatic N) is 3. The van der Waals surface area contributed by atoms with E-state index in [9.17, 15) is 17.2 Å². The van der Waals surface area contributed by atoms with Crippen LogP contribution in [-0.2, 0) is 17.1 Å². The summed E-state index contributed by atoms with van der Waals surface area (Å²) in [6.45, 7) is 1.56. The van der Waals surface area contributed by atoms with Gasteiger partial charge in [0.05, 0.1) is 6.33 Å². The maximum Gasteiger partial charge on any atom is 0.263 e. The number of benzene rings is 1. The van der Waals surface area contributed by atoms with E-state index in [0.717, 1.165) is 16.4 Å². The van der Waals surface area contributed by atoms with Gasteiger partial charge in [-0.3, -0.25) is 0 Å². The van der Waals surface area contributed by atoms with Gasteiger partial charge < -0.3 is 4.57 Å². The summed E-state index contributed by atoms with van der Waals surface area (Å²) >= 11 is 5.92. The molecule has 0 spiro atoms. The molecule has 0 N–H and O–H groups in total. The molecule has 0 aliphatic carbocycles. The smallest absolute Gasteiger partial charge is 0.263 e. The van der Waals surface area contributed by atoms with Crippen molar-refractivity contribution in [2.24, 2.45) is 7.05 Å². The molecular weight excluding hydrogens is 336 g/mol. The maximum atomic E-state index is 13.3. The predicted octanol–water partition coefficient (Wildman–Crippen LogP) is 2.73. The van der Waals surface area contributed by atoms with Crippen molar-refractivity contribution >= 4 is 21.6 Å². The first-order chi connectivity index (χ1) is 10.2. The summed E-state index contributed by atoms with van der Waals surface area (Å²) in [5, 5.41) is -0.307. The number of hydrogen-bond acceptors (Lipinski definition) is 3. The fourth-order valence-electron chi connectivity index (χ4n) is 1.89. The van der Waals surface area contributed by atoms with Gasteiger partial charge in [-0.15, -0.1) is 0 Å². The van der Waals surface area contributed by atoms with Gasteiger partial charge in [-0.2, -0.15) is 4.31 Å². The highest BCUT2D eigenvalue weighted by atomic mass is 35.5. The fraction of sp³-hybridized carbons (Fsp3) is 0.308. The van der Waals surface area contributed by atoms with Crippen LogP contribution < -0.4 is 0 Å². The topological polar surface area (TPSA) is 55.2 Å². The Morgan fingerprint density at radius 1 is 1.32 bits per heavy atom. The average Bonchev–Trinajstić information content (AvgIpc) is 2.81. The van der Waals surface area contributed by atoms with E-state index in [1.165, 1.54) is 24.0 Å². The standard InChI is InChI=1S/C13H14ClF2N3O2S/c1-8(9-4-5-10(15)11(16)6-9)19(3)22(20,21)13-12(14)18(2)7-17-13/h4-8H,1-3H3. The Morgan fingerprint density at radius 2 is 1.95 bits per heavy atom. The van der Waals surface area contributed by atoms with Gasteiger partial charge in [0.1, 0.15) is 5.15 Å². The minimum absolute atomic E-state index is 0.0238. The summed E-state index contributed by atoms with van der Waals surface area (Å²) in [6.07, 6.45) is 1.28. The molecule has 2 aromatic rings. The number of imidazole rings is 1. The molecule has 0 saturated carbocycles. The molecule has 1 heterocycles. The van der Waals surface area contributed by atoms with E-state index in [2.05, 4.69) is 4.98 Å². The molecule has 0 bridgehead atoms. The number of rotatable bonds is 4. The lowest BCUT2D eigenvalue weighted by molar-refractivity contribution is 0.394. The van der Waals surface area contributed by atoms with E-state index in [4.69, 9.17) is 11.6 Å². The third-order valence-electron chi connectivity index (χ3n) is 3.43. The Hall–Kier alpha value is -1.51. The minimum Gasteiger partial charge on any atom is -0.324 e. The molecule has 2 rings (SSSR count). The monoisotopic (exact) mass is 349 g/mol. The Bertz CT molecular complexity index is 808. The van der Waals surface area contributed by atoms with Crippen LogP contribution >= 0.6 is 11.6 Å². The van der Waals surface area contributed by atoms with Crippen molar-refractivity contribution in [3.63, 3.8) is 0 Å². The molecule has 9 heteroatoms. The third-order valence-corrected chi connectivity index (χ3v) is 5.85. The first-order valence-corrected chi connectivity index (χ1v) is 8.08. The van der Waals surface area contributed by atoms with Crippen LogP contribution in [0.3, 0.4) is 0 Å². The normalized spacial score (nSPS) is 13.6. The van der Waals surface area contributed by atoms with Crippen LogP contribution in [0.1, 0.15) is 18.5 Å². The van der Waals surface area contributed by atoms with E-state index in [0.29, 0.717) is 5.56 Å². The summed E-state index contributed by atoms with van der Waals surface area (Å²) in [6, 6.07) is 2.52. The highest BCUT2D eigenvalue weighted by Gasteiger charge is 2.31. The van der Waals surface area contributed by atoms with Crippen molar-refractivity contribution in [2.75, 3.05) is 7.05 Å². The van der Waals surface area contributed by atoms with E-state index in [-0.39, 0.29) is 10.2 Å². The zero-order valence-corrected chi connectivity index (χ0v) is 13.7. The molecule has 0 amide bonds. The number of aromatic nitrogens is 2. The number of halogens is 3. The Labute approximate surface area is 132 Å². The molecule has 0 fully saturated rings. The highest BCUT2D eigenvalue weighted by molar-refractivity contribution is 7.89. The lowest BCUT2D eigenvalue weighted by Crippen LogP contribution is -2.30.